The van der Waals surface area contributed by atoms with Gasteiger partial charge in [-0.15, -0.1) is 0 Å². The molecule has 5 N–H and O–H groups in total. The van der Waals surface area contributed by atoms with Crippen LogP contribution in [0, 0.1) is 0 Å². The van der Waals surface area contributed by atoms with E-state index in [0.717, 1.165) is 0 Å². The molecule has 16 heteroatoms. The highest BCUT2D eigenvalue weighted by Crippen LogP contribution is 2.48. The third-order valence-corrected chi connectivity index (χ3v) is 8.32. The minimum atomic E-state index is -4.25. The van der Waals surface area contributed by atoms with Crippen molar-refractivity contribution in [3.63, 3.8) is 0 Å². The lowest BCUT2D eigenvalue weighted by Gasteiger charge is -2.27. The molecule has 0 spiro atoms. The van der Waals surface area contributed by atoms with Gasteiger partial charge in [0.05, 0.1) is 30.4 Å². The molecule has 42 heavy (non-hydrogen) atoms. The number of hydrogen-bond donors (Lipinski definition) is 4. The number of nitrogen functional groups attached to an aromatic ring is 1. The van der Waals surface area contributed by atoms with Gasteiger partial charge < -0.3 is 38.9 Å². The van der Waals surface area contributed by atoms with Crippen molar-refractivity contribution in [3.05, 3.63) is 55.3 Å². The summed E-state index contributed by atoms with van der Waals surface area (Å²) in [5.74, 6) is -0.0806. The lowest BCUT2D eigenvalue weighted by Crippen LogP contribution is -2.44. The van der Waals surface area contributed by atoms with E-state index >= 15 is 0 Å². The van der Waals surface area contributed by atoms with Crippen LogP contribution in [0.4, 0.5) is 5.82 Å². The summed E-state index contributed by atoms with van der Waals surface area (Å²) < 4.78 is 43.1. The second kappa shape index (κ2) is 11.8. The zero-order chi connectivity index (χ0) is 30.1. The smallest absolute Gasteiger partial charge is 0.459 e. The van der Waals surface area contributed by atoms with E-state index in [4.69, 9.17) is 28.7 Å². The van der Waals surface area contributed by atoms with E-state index in [-0.39, 0.29) is 29.7 Å². The van der Waals surface area contributed by atoms with E-state index in [2.05, 4.69) is 20.0 Å². The fraction of sp³-hybridized carbons (Fsp3) is 0.385. The number of aromatic nitrogens is 4. The summed E-state index contributed by atoms with van der Waals surface area (Å²) in [6.45, 7) is 4.09. The largest absolute Gasteiger partial charge is 0.465 e. The zero-order valence-corrected chi connectivity index (χ0v) is 23.9. The number of nitrogens with one attached hydrogen (secondary N) is 1. The monoisotopic (exact) mass is 602 g/mol. The van der Waals surface area contributed by atoms with E-state index < -0.39 is 50.4 Å². The van der Waals surface area contributed by atoms with Crippen molar-refractivity contribution in [3.8, 4) is 17.2 Å². The molecule has 0 aliphatic carbocycles. The summed E-state index contributed by atoms with van der Waals surface area (Å²) in [4.78, 5) is 24.8. The molecule has 2 unspecified atom stereocenters. The number of carbonyl (C=O) groups excluding carboxylic acids is 1. The summed E-state index contributed by atoms with van der Waals surface area (Å²) >= 11 is 0. The number of nitrogens with zero attached hydrogens (tertiary/aromatic N) is 4. The molecule has 3 aromatic heterocycles. The van der Waals surface area contributed by atoms with E-state index in [1.54, 1.807) is 43.5 Å². The number of carbonyl (C=O) groups is 1. The van der Waals surface area contributed by atoms with Crippen LogP contribution in [0.1, 0.15) is 27.0 Å². The van der Waals surface area contributed by atoms with Gasteiger partial charge in [0.25, 0.3) is 0 Å². The van der Waals surface area contributed by atoms with Gasteiger partial charge in [-0.1, -0.05) is 18.2 Å². The Balaban J connectivity index is 1.41. The number of para-hydroxylation sites is 1. The number of benzene rings is 1. The van der Waals surface area contributed by atoms with Crippen molar-refractivity contribution in [1.29, 1.82) is 0 Å². The van der Waals surface area contributed by atoms with Crippen molar-refractivity contribution >= 4 is 30.6 Å². The van der Waals surface area contributed by atoms with Crippen LogP contribution in [0.15, 0.2) is 59.7 Å². The maximum Gasteiger partial charge on any atom is 0.459 e. The van der Waals surface area contributed by atoms with Gasteiger partial charge in [0.15, 0.2) is 6.23 Å². The third kappa shape index (κ3) is 5.75. The maximum atomic E-state index is 13.8. The highest BCUT2D eigenvalue weighted by Gasteiger charge is 2.54. The van der Waals surface area contributed by atoms with Crippen molar-refractivity contribution in [2.45, 2.75) is 50.8 Å². The van der Waals surface area contributed by atoms with E-state index in [1.807, 2.05) is 0 Å². The molecule has 0 radical (unpaired) electrons. The first-order valence-electron chi connectivity index (χ1n) is 13.0. The van der Waals surface area contributed by atoms with Crippen molar-refractivity contribution in [2.24, 2.45) is 0 Å². The first kappa shape index (κ1) is 29.6. The molecule has 15 nitrogen and oxygen atoms in total. The SMILES string of the molecule is CCOC(=O)[C@H](C)NP(=O)(OC[C@H]1OC(n2cc(-c3ncco3)c3c(N)ncnc32)[C@](C)(O)[C@@H]1O)Oc1ccccc1. The van der Waals surface area contributed by atoms with Crippen LogP contribution >= 0.6 is 7.75 Å². The average Bonchev–Trinajstić information content (AvgIpc) is 3.67. The Kier molecular flexibility index (Phi) is 8.32. The quantitative estimate of drug-likeness (QED) is 0.144. The Morgan fingerprint density at radius 3 is 2.74 bits per heavy atom. The van der Waals surface area contributed by atoms with Gasteiger partial charge in [0.2, 0.25) is 5.89 Å². The number of anilines is 1. The predicted octanol–water partition coefficient (Wildman–Crippen LogP) is 2.42. The lowest BCUT2D eigenvalue weighted by atomic mass is 9.96. The number of aliphatic hydroxyl groups excluding tert-OH is 1. The van der Waals surface area contributed by atoms with E-state index in [0.29, 0.717) is 10.9 Å². The normalized spacial score (nSPS) is 24.4. The minimum absolute atomic E-state index is 0.122. The fourth-order valence-corrected chi connectivity index (χ4v) is 6.12. The highest BCUT2D eigenvalue weighted by atomic mass is 31.2. The lowest BCUT2D eigenvalue weighted by molar-refractivity contribution is -0.144. The Bertz CT molecular complexity index is 1580. The molecule has 1 aromatic carbocycles. The summed E-state index contributed by atoms with van der Waals surface area (Å²) in [6.07, 6.45) is 1.76. The van der Waals surface area contributed by atoms with Crippen LogP contribution in [0.3, 0.4) is 0 Å². The molecule has 0 saturated carbocycles. The first-order chi connectivity index (χ1) is 20.0. The van der Waals surface area contributed by atoms with Crippen molar-refractivity contribution in [1.82, 2.24) is 24.6 Å². The third-order valence-electron chi connectivity index (χ3n) is 6.68. The number of oxazole rings is 1. The van der Waals surface area contributed by atoms with Crippen molar-refractivity contribution in [2.75, 3.05) is 18.9 Å². The minimum Gasteiger partial charge on any atom is -0.465 e. The van der Waals surface area contributed by atoms with Gasteiger partial charge >= 0.3 is 13.7 Å². The summed E-state index contributed by atoms with van der Waals surface area (Å²) in [5.41, 5.74) is 4.99. The van der Waals surface area contributed by atoms with Crippen molar-refractivity contribution < 1.29 is 42.5 Å². The molecule has 4 aromatic rings. The average molecular weight is 603 g/mol. The Hall–Kier alpha value is -3.85. The van der Waals surface area contributed by atoms with Gasteiger partial charge in [-0.3, -0.25) is 9.32 Å². The highest BCUT2D eigenvalue weighted by molar-refractivity contribution is 7.52. The van der Waals surface area contributed by atoms with Crippen LogP contribution in [-0.2, 0) is 23.4 Å². The van der Waals surface area contributed by atoms with Gasteiger partial charge in [-0.2, -0.15) is 5.09 Å². The fourth-order valence-electron chi connectivity index (χ4n) is 4.62. The number of hydrogen-bond acceptors (Lipinski definition) is 13. The number of esters is 1. The molecule has 1 aliphatic rings. The molecule has 1 aliphatic heterocycles. The number of aliphatic hydroxyl groups is 2. The standard InChI is InChI=1S/C26H31N6O9P/c1-4-37-24(34)15(2)31-42(36,41-16-8-6-5-7-9-16)39-13-18-20(33)26(3,35)25(40-18)32-12-17(23-28-10-11-38-23)19-21(27)29-14-30-22(19)32/h5-12,14-15,18,20,25,33,35H,4,13H2,1-3H3,(H,31,36)(H2,27,29,30)/t15-,18+,20+,25?,26+,42?/m0/s1. The zero-order valence-electron chi connectivity index (χ0n) is 23.0. The molecule has 4 heterocycles. The number of ether oxygens (including phenoxy) is 2. The molecule has 0 bridgehead atoms. The van der Waals surface area contributed by atoms with E-state index in [9.17, 15) is 19.6 Å². The number of nitrogens with two attached hydrogens (primary N) is 1. The summed E-state index contributed by atoms with van der Waals surface area (Å²) in [5, 5.41) is 25.5. The molecule has 224 valence electrons. The molecular formula is C26H31N6O9P. The maximum absolute atomic E-state index is 13.8. The topological polar surface area (TPSA) is 206 Å². The number of rotatable bonds is 11. The van der Waals surface area contributed by atoms with Gasteiger partial charge in [-0.05, 0) is 32.9 Å². The van der Waals surface area contributed by atoms with Gasteiger partial charge in [-0.25, -0.2) is 19.5 Å². The van der Waals surface area contributed by atoms with Crippen LogP contribution in [0.5, 0.6) is 5.75 Å². The van der Waals surface area contributed by atoms with Crippen LogP contribution in [-0.4, -0.2) is 72.8 Å². The Labute approximate surface area is 240 Å². The Morgan fingerprint density at radius 2 is 2.05 bits per heavy atom. The Morgan fingerprint density at radius 1 is 1.29 bits per heavy atom. The molecule has 5 rings (SSSR count). The number of fused-ring (bicyclic) bond motifs is 1. The molecule has 1 saturated heterocycles. The second-order valence-electron chi connectivity index (χ2n) is 9.74. The molecule has 6 atom stereocenters. The van der Waals surface area contributed by atoms with Crippen LogP contribution < -0.4 is 15.3 Å². The van der Waals surface area contributed by atoms with Gasteiger partial charge in [0.1, 0.15) is 53.7 Å². The van der Waals surface area contributed by atoms with Gasteiger partial charge in [0, 0.05) is 6.20 Å². The first-order valence-corrected chi connectivity index (χ1v) is 14.6. The molecular weight excluding hydrogens is 571 g/mol. The van der Waals surface area contributed by atoms with Crippen LogP contribution in [0.25, 0.3) is 22.5 Å². The van der Waals surface area contributed by atoms with Crippen LogP contribution in [0.2, 0.25) is 0 Å². The second-order valence-corrected chi connectivity index (χ2v) is 11.4. The van der Waals surface area contributed by atoms with E-state index in [1.165, 1.54) is 37.2 Å². The summed E-state index contributed by atoms with van der Waals surface area (Å²) in [6, 6.07) is 7.15. The predicted molar refractivity (Wildman–Crippen MR) is 148 cm³/mol. The summed E-state index contributed by atoms with van der Waals surface area (Å²) in [7, 11) is -4.25. The molecule has 1 fully saturated rings. The molecule has 0 amide bonds.